The molecule has 0 fully saturated rings. The van der Waals surface area contributed by atoms with Gasteiger partial charge in [0.15, 0.2) is 0 Å². The van der Waals surface area contributed by atoms with Crippen LogP contribution < -0.4 is 5.32 Å². The first-order valence-corrected chi connectivity index (χ1v) is 7.23. The lowest BCUT2D eigenvalue weighted by Crippen LogP contribution is -2.30. The molecule has 2 N–H and O–H groups in total. The highest BCUT2D eigenvalue weighted by Gasteiger charge is 2.14. The smallest absolute Gasteiger partial charge is 0.269 e. The molecule has 5 nitrogen and oxygen atoms in total. The number of carbonyl (C=O) groups excluding carboxylic acids is 1. The number of aromatic nitrogens is 2. The van der Waals surface area contributed by atoms with Crippen LogP contribution >= 0.6 is 0 Å². The van der Waals surface area contributed by atoms with Crippen molar-refractivity contribution in [2.75, 3.05) is 13.2 Å². The second-order valence-corrected chi connectivity index (χ2v) is 4.98. The van der Waals surface area contributed by atoms with Crippen LogP contribution in [0.4, 0.5) is 0 Å². The van der Waals surface area contributed by atoms with E-state index in [0.29, 0.717) is 24.6 Å². The molecule has 21 heavy (non-hydrogen) atoms. The number of nitrogens with zero attached hydrogens (tertiary/aromatic N) is 2. The van der Waals surface area contributed by atoms with E-state index in [1.165, 1.54) is 0 Å². The molecule has 0 radical (unpaired) electrons. The maximum atomic E-state index is 12.3. The highest BCUT2D eigenvalue weighted by atomic mass is 16.3. The minimum Gasteiger partial charge on any atom is -0.396 e. The molecule has 2 aromatic rings. The molecule has 0 spiro atoms. The molecule has 1 aromatic heterocycles. The van der Waals surface area contributed by atoms with Crippen molar-refractivity contribution in [2.24, 2.45) is 5.92 Å². The Morgan fingerprint density at radius 2 is 2.14 bits per heavy atom. The third-order valence-electron chi connectivity index (χ3n) is 3.57. The van der Waals surface area contributed by atoms with Gasteiger partial charge in [0.2, 0.25) is 0 Å². The molecule has 5 heteroatoms. The van der Waals surface area contributed by atoms with Crippen molar-refractivity contribution in [3.05, 3.63) is 48.5 Å². The average molecular weight is 287 g/mol. The number of hydrogen-bond donors (Lipinski definition) is 2. The quantitative estimate of drug-likeness (QED) is 0.818. The molecule has 1 amide bonds. The zero-order valence-corrected chi connectivity index (χ0v) is 12.2. The first-order valence-electron chi connectivity index (χ1n) is 7.23. The van der Waals surface area contributed by atoms with Gasteiger partial charge in [-0.25, -0.2) is 4.98 Å². The second-order valence-electron chi connectivity index (χ2n) is 4.98. The van der Waals surface area contributed by atoms with Crippen molar-refractivity contribution >= 4 is 5.91 Å². The van der Waals surface area contributed by atoms with E-state index in [0.717, 1.165) is 12.1 Å². The maximum Gasteiger partial charge on any atom is 0.269 e. The molecule has 1 aromatic carbocycles. The van der Waals surface area contributed by atoms with Gasteiger partial charge in [0.05, 0.1) is 12.5 Å². The van der Waals surface area contributed by atoms with Crippen molar-refractivity contribution in [1.82, 2.24) is 14.9 Å². The molecule has 0 aliphatic carbocycles. The molecule has 0 bridgehead atoms. The Morgan fingerprint density at radius 3 is 2.81 bits per heavy atom. The third-order valence-corrected chi connectivity index (χ3v) is 3.57. The summed E-state index contributed by atoms with van der Waals surface area (Å²) in [6.07, 6.45) is 4.83. The fourth-order valence-corrected chi connectivity index (χ4v) is 2.22. The predicted octanol–water partition coefficient (Wildman–Crippen LogP) is 2.01. The number of benzene rings is 1. The molecule has 0 saturated heterocycles. The number of aliphatic hydroxyl groups is 1. The van der Waals surface area contributed by atoms with Gasteiger partial charge < -0.3 is 10.4 Å². The number of carbonyl (C=O) groups is 1. The Bertz CT molecular complexity index is 566. The highest BCUT2D eigenvalue weighted by molar-refractivity contribution is 5.92. The van der Waals surface area contributed by atoms with Gasteiger partial charge >= 0.3 is 0 Å². The molecular weight excluding hydrogens is 266 g/mol. The molecule has 112 valence electrons. The van der Waals surface area contributed by atoms with Crippen molar-refractivity contribution in [3.63, 3.8) is 0 Å². The molecule has 0 aliphatic rings. The number of para-hydroxylation sites is 1. The Labute approximate surface area is 124 Å². The van der Waals surface area contributed by atoms with E-state index >= 15 is 0 Å². The Morgan fingerprint density at radius 1 is 1.38 bits per heavy atom. The summed E-state index contributed by atoms with van der Waals surface area (Å²) >= 11 is 0. The van der Waals surface area contributed by atoms with Gasteiger partial charge in [0.1, 0.15) is 5.69 Å². The van der Waals surface area contributed by atoms with E-state index in [1.807, 2.05) is 30.3 Å². The molecule has 1 atom stereocenters. The van der Waals surface area contributed by atoms with E-state index in [-0.39, 0.29) is 12.5 Å². The van der Waals surface area contributed by atoms with Gasteiger partial charge in [-0.1, -0.05) is 31.5 Å². The molecule has 1 heterocycles. The normalized spacial score (nSPS) is 12.1. The van der Waals surface area contributed by atoms with E-state index in [4.69, 9.17) is 5.11 Å². The Kier molecular flexibility index (Phi) is 5.51. The van der Waals surface area contributed by atoms with E-state index in [9.17, 15) is 4.79 Å². The van der Waals surface area contributed by atoms with Crippen LogP contribution in [0.15, 0.2) is 42.9 Å². The van der Waals surface area contributed by atoms with Crippen molar-refractivity contribution in [3.8, 4) is 5.69 Å². The SMILES string of the molecule is CCC(CCO)CNC(=O)c1cncn1-c1ccccc1. The van der Waals surface area contributed by atoms with Crippen molar-refractivity contribution in [1.29, 1.82) is 0 Å². The first kappa shape index (κ1) is 15.3. The summed E-state index contributed by atoms with van der Waals surface area (Å²) in [6, 6.07) is 9.63. The standard InChI is InChI=1S/C16H21N3O2/c1-2-13(8-9-20)10-18-16(21)15-11-17-12-19(15)14-6-4-3-5-7-14/h3-7,11-13,20H,2,8-10H2,1H3,(H,18,21). The topological polar surface area (TPSA) is 67.2 Å². The van der Waals surface area contributed by atoms with Gasteiger partial charge in [-0.15, -0.1) is 0 Å². The molecular formula is C16H21N3O2. The number of imidazole rings is 1. The summed E-state index contributed by atoms with van der Waals surface area (Å²) in [7, 11) is 0. The summed E-state index contributed by atoms with van der Waals surface area (Å²) in [4.78, 5) is 16.4. The fourth-order valence-electron chi connectivity index (χ4n) is 2.22. The van der Waals surface area contributed by atoms with Crippen molar-refractivity contribution < 1.29 is 9.90 Å². The van der Waals surface area contributed by atoms with E-state index in [2.05, 4.69) is 17.2 Å². The number of nitrogens with one attached hydrogen (secondary N) is 1. The van der Waals surface area contributed by atoms with Crippen LogP contribution in [-0.4, -0.2) is 33.7 Å². The number of rotatable bonds is 7. The Balaban J connectivity index is 2.06. The molecule has 2 rings (SSSR count). The minimum absolute atomic E-state index is 0.146. The highest BCUT2D eigenvalue weighted by Crippen LogP contribution is 2.11. The van der Waals surface area contributed by atoms with Crippen LogP contribution in [0.5, 0.6) is 0 Å². The lowest BCUT2D eigenvalue weighted by molar-refractivity contribution is 0.0936. The van der Waals surface area contributed by atoms with Gasteiger partial charge in [0, 0.05) is 18.8 Å². The van der Waals surface area contributed by atoms with Crippen LogP contribution in [0.3, 0.4) is 0 Å². The average Bonchev–Trinajstić information content (AvgIpc) is 3.01. The number of amides is 1. The predicted molar refractivity (Wildman–Crippen MR) is 81.4 cm³/mol. The lowest BCUT2D eigenvalue weighted by atomic mass is 10.0. The van der Waals surface area contributed by atoms with Crippen LogP contribution in [0, 0.1) is 5.92 Å². The van der Waals surface area contributed by atoms with E-state index < -0.39 is 0 Å². The van der Waals surface area contributed by atoms with Crippen LogP contribution in [-0.2, 0) is 0 Å². The van der Waals surface area contributed by atoms with Gasteiger partial charge in [-0.2, -0.15) is 0 Å². The van der Waals surface area contributed by atoms with Gasteiger partial charge in [-0.3, -0.25) is 9.36 Å². The molecule has 0 aliphatic heterocycles. The number of hydrogen-bond acceptors (Lipinski definition) is 3. The van der Waals surface area contributed by atoms with Crippen LogP contribution in [0.25, 0.3) is 5.69 Å². The van der Waals surface area contributed by atoms with Gasteiger partial charge in [0.25, 0.3) is 5.91 Å². The summed E-state index contributed by atoms with van der Waals surface area (Å²) in [5, 5.41) is 11.9. The zero-order valence-electron chi connectivity index (χ0n) is 12.2. The summed E-state index contributed by atoms with van der Waals surface area (Å²) in [5.74, 6) is 0.153. The van der Waals surface area contributed by atoms with Crippen LogP contribution in [0.2, 0.25) is 0 Å². The van der Waals surface area contributed by atoms with Gasteiger partial charge in [-0.05, 0) is 24.5 Å². The van der Waals surface area contributed by atoms with E-state index in [1.54, 1.807) is 17.1 Å². The van der Waals surface area contributed by atoms with Crippen LogP contribution in [0.1, 0.15) is 30.3 Å². The fraction of sp³-hybridized carbons (Fsp3) is 0.375. The Hall–Kier alpha value is -2.14. The molecule has 0 saturated carbocycles. The molecule has 1 unspecified atom stereocenters. The zero-order chi connectivity index (χ0) is 15.1. The third kappa shape index (κ3) is 3.92. The maximum absolute atomic E-state index is 12.3. The minimum atomic E-state index is -0.146. The first-order chi connectivity index (χ1) is 10.3. The summed E-state index contributed by atoms with van der Waals surface area (Å²) in [5.41, 5.74) is 1.42. The lowest BCUT2D eigenvalue weighted by Gasteiger charge is -2.15. The largest absolute Gasteiger partial charge is 0.396 e. The monoisotopic (exact) mass is 287 g/mol. The summed E-state index contributed by atoms with van der Waals surface area (Å²) in [6.45, 7) is 2.77. The van der Waals surface area contributed by atoms with Crippen molar-refractivity contribution in [2.45, 2.75) is 19.8 Å². The summed E-state index contributed by atoms with van der Waals surface area (Å²) < 4.78 is 1.77. The number of aliphatic hydroxyl groups excluding tert-OH is 1. The second kappa shape index (κ2) is 7.59.